The molecule has 0 aromatic heterocycles. The number of nitrogens with two attached hydrogens (primary N) is 1. The Kier molecular flexibility index (Phi) is 4.05. The second-order valence-corrected chi connectivity index (χ2v) is 5.55. The summed E-state index contributed by atoms with van der Waals surface area (Å²) >= 11 is 0. The Morgan fingerprint density at radius 2 is 2.12 bits per heavy atom. The van der Waals surface area contributed by atoms with Crippen LogP contribution in [0.3, 0.4) is 0 Å². The number of ether oxygens (including phenoxy) is 1. The third-order valence-electron chi connectivity index (χ3n) is 4.26. The van der Waals surface area contributed by atoms with Gasteiger partial charge in [0.05, 0.1) is 25.2 Å². The van der Waals surface area contributed by atoms with Gasteiger partial charge in [-0.3, -0.25) is 4.79 Å². The first-order valence-electron chi connectivity index (χ1n) is 6.75. The third kappa shape index (κ3) is 2.63. The molecule has 0 aromatic rings. The predicted molar refractivity (Wildman–Crippen MR) is 66.5 cm³/mol. The highest BCUT2D eigenvalue weighted by Gasteiger charge is 2.37. The molecule has 1 aliphatic carbocycles. The zero-order chi connectivity index (χ0) is 12.4. The Morgan fingerprint density at radius 3 is 2.82 bits per heavy atom. The van der Waals surface area contributed by atoms with Crippen LogP contribution < -0.4 is 5.73 Å². The molecule has 17 heavy (non-hydrogen) atoms. The maximum atomic E-state index is 12.5. The Balaban J connectivity index is 2.02. The van der Waals surface area contributed by atoms with Crippen molar-refractivity contribution in [3.8, 4) is 0 Å². The lowest BCUT2D eigenvalue weighted by molar-refractivity contribution is -0.145. The highest BCUT2D eigenvalue weighted by Crippen LogP contribution is 2.30. The van der Waals surface area contributed by atoms with E-state index in [1.54, 1.807) is 0 Å². The zero-order valence-electron chi connectivity index (χ0n) is 10.9. The van der Waals surface area contributed by atoms with Crippen molar-refractivity contribution in [2.45, 2.75) is 45.2 Å². The third-order valence-corrected chi connectivity index (χ3v) is 4.26. The first-order valence-corrected chi connectivity index (χ1v) is 6.75. The van der Waals surface area contributed by atoms with Crippen LogP contribution in [-0.2, 0) is 9.53 Å². The number of carbonyl (C=O) groups is 1. The van der Waals surface area contributed by atoms with Crippen LogP contribution in [-0.4, -0.2) is 42.6 Å². The van der Waals surface area contributed by atoms with Crippen molar-refractivity contribution in [2.75, 3.05) is 19.8 Å². The fraction of sp³-hybridized carbons (Fsp3) is 0.923. The van der Waals surface area contributed by atoms with Gasteiger partial charge in [-0.25, -0.2) is 0 Å². The maximum Gasteiger partial charge on any atom is 0.227 e. The van der Waals surface area contributed by atoms with Gasteiger partial charge in [0, 0.05) is 12.6 Å². The first kappa shape index (κ1) is 12.8. The Bertz CT molecular complexity index is 283. The van der Waals surface area contributed by atoms with Crippen molar-refractivity contribution in [3.63, 3.8) is 0 Å². The number of nitrogens with zero attached hydrogens (tertiary/aromatic N) is 1. The molecule has 2 fully saturated rings. The highest BCUT2D eigenvalue weighted by atomic mass is 16.5. The molecule has 1 aliphatic heterocycles. The number of rotatable bonds is 1. The molecule has 0 spiro atoms. The maximum absolute atomic E-state index is 12.5. The second kappa shape index (κ2) is 5.36. The molecule has 4 unspecified atom stereocenters. The lowest BCUT2D eigenvalue weighted by atomic mass is 9.77. The monoisotopic (exact) mass is 240 g/mol. The van der Waals surface area contributed by atoms with Gasteiger partial charge in [0.2, 0.25) is 5.91 Å². The van der Waals surface area contributed by atoms with Crippen molar-refractivity contribution in [1.29, 1.82) is 0 Å². The van der Waals surface area contributed by atoms with E-state index in [1.807, 2.05) is 4.90 Å². The van der Waals surface area contributed by atoms with E-state index in [2.05, 4.69) is 13.8 Å². The van der Waals surface area contributed by atoms with Crippen LogP contribution in [0.25, 0.3) is 0 Å². The predicted octanol–water partition coefficient (Wildman–Crippen LogP) is 0.997. The minimum Gasteiger partial charge on any atom is -0.377 e. The SMILES string of the molecule is CC1CCCC(C(=O)N2CCOCC2C)C1N. The fourth-order valence-corrected chi connectivity index (χ4v) is 3.00. The van der Waals surface area contributed by atoms with Gasteiger partial charge in [0.25, 0.3) is 0 Å². The summed E-state index contributed by atoms with van der Waals surface area (Å²) in [6.07, 6.45) is 3.24. The Labute approximate surface area is 103 Å². The van der Waals surface area contributed by atoms with Crippen LogP contribution in [0.2, 0.25) is 0 Å². The van der Waals surface area contributed by atoms with Gasteiger partial charge in [-0.2, -0.15) is 0 Å². The molecule has 2 aliphatic rings. The van der Waals surface area contributed by atoms with Crippen LogP contribution in [0.5, 0.6) is 0 Å². The molecule has 4 atom stereocenters. The molecule has 0 radical (unpaired) electrons. The van der Waals surface area contributed by atoms with Gasteiger partial charge in [0.15, 0.2) is 0 Å². The smallest absolute Gasteiger partial charge is 0.227 e. The summed E-state index contributed by atoms with van der Waals surface area (Å²) in [4.78, 5) is 14.5. The summed E-state index contributed by atoms with van der Waals surface area (Å²) < 4.78 is 5.37. The number of hydrogen-bond donors (Lipinski definition) is 1. The summed E-state index contributed by atoms with van der Waals surface area (Å²) in [5.74, 6) is 0.744. The first-order chi connectivity index (χ1) is 8.11. The van der Waals surface area contributed by atoms with Gasteiger partial charge >= 0.3 is 0 Å². The summed E-state index contributed by atoms with van der Waals surface area (Å²) in [6, 6.07) is 0.229. The van der Waals surface area contributed by atoms with E-state index in [1.165, 1.54) is 0 Å². The number of morpholine rings is 1. The summed E-state index contributed by atoms with van der Waals surface area (Å²) in [5, 5.41) is 0. The molecule has 1 saturated carbocycles. The van der Waals surface area contributed by atoms with Crippen molar-refractivity contribution in [1.82, 2.24) is 4.90 Å². The van der Waals surface area contributed by atoms with Gasteiger partial charge in [0.1, 0.15) is 0 Å². The van der Waals surface area contributed by atoms with E-state index in [0.29, 0.717) is 19.1 Å². The summed E-state index contributed by atoms with van der Waals surface area (Å²) in [5.41, 5.74) is 6.20. The Hall–Kier alpha value is -0.610. The van der Waals surface area contributed by atoms with E-state index in [9.17, 15) is 4.79 Å². The van der Waals surface area contributed by atoms with Crippen molar-refractivity contribution >= 4 is 5.91 Å². The van der Waals surface area contributed by atoms with Gasteiger partial charge in [-0.05, 0) is 25.7 Å². The minimum atomic E-state index is 0.0271. The topological polar surface area (TPSA) is 55.6 Å². The molecule has 1 heterocycles. The van der Waals surface area contributed by atoms with Gasteiger partial charge < -0.3 is 15.4 Å². The van der Waals surface area contributed by atoms with Crippen molar-refractivity contribution < 1.29 is 9.53 Å². The largest absolute Gasteiger partial charge is 0.377 e. The Morgan fingerprint density at radius 1 is 1.35 bits per heavy atom. The highest BCUT2D eigenvalue weighted by molar-refractivity contribution is 5.80. The zero-order valence-corrected chi connectivity index (χ0v) is 10.9. The van der Waals surface area contributed by atoms with Crippen molar-refractivity contribution in [2.24, 2.45) is 17.6 Å². The molecule has 0 bridgehead atoms. The standard InChI is InChI=1S/C13H24N2O2/c1-9-4-3-5-11(12(9)14)13(16)15-6-7-17-8-10(15)2/h9-12H,3-8,14H2,1-2H3. The molecule has 0 aromatic carbocycles. The molecule has 1 amide bonds. The molecular weight excluding hydrogens is 216 g/mol. The molecule has 4 nitrogen and oxygen atoms in total. The molecule has 2 rings (SSSR count). The molecule has 4 heteroatoms. The van der Waals surface area contributed by atoms with E-state index >= 15 is 0 Å². The number of carbonyl (C=O) groups excluding carboxylic acids is 1. The van der Waals surface area contributed by atoms with Crippen LogP contribution in [0.4, 0.5) is 0 Å². The van der Waals surface area contributed by atoms with Crippen LogP contribution in [0.1, 0.15) is 33.1 Å². The number of hydrogen-bond acceptors (Lipinski definition) is 3. The quantitative estimate of drug-likeness (QED) is 0.744. The second-order valence-electron chi connectivity index (χ2n) is 5.55. The molecule has 98 valence electrons. The fourth-order valence-electron chi connectivity index (χ4n) is 3.00. The molecule has 1 saturated heterocycles. The van der Waals surface area contributed by atoms with E-state index in [-0.39, 0.29) is 23.9 Å². The van der Waals surface area contributed by atoms with E-state index in [4.69, 9.17) is 10.5 Å². The van der Waals surface area contributed by atoms with E-state index in [0.717, 1.165) is 25.8 Å². The normalized spacial score (nSPS) is 39.1. The average molecular weight is 240 g/mol. The minimum absolute atomic E-state index is 0.0271. The summed E-state index contributed by atoms with van der Waals surface area (Å²) in [6.45, 7) is 6.25. The van der Waals surface area contributed by atoms with Crippen LogP contribution in [0.15, 0.2) is 0 Å². The molecular formula is C13H24N2O2. The van der Waals surface area contributed by atoms with Gasteiger partial charge in [-0.1, -0.05) is 13.3 Å². The lowest BCUT2D eigenvalue weighted by Gasteiger charge is -2.40. The summed E-state index contributed by atoms with van der Waals surface area (Å²) in [7, 11) is 0. The average Bonchev–Trinajstić information content (AvgIpc) is 2.32. The van der Waals surface area contributed by atoms with Crippen LogP contribution >= 0.6 is 0 Å². The van der Waals surface area contributed by atoms with Crippen molar-refractivity contribution in [3.05, 3.63) is 0 Å². The number of amides is 1. The lowest BCUT2D eigenvalue weighted by Crippen LogP contribution is -2.54. The van der Waals surface area contributed by atoms with Gasteiger partial charge in [-0.15, -0.1) is 0 Å². The van der Waals surface area contributed by atoms with Crippen LogP contribution in [0, 0.1) is 11.8 Å². The van der Waals surface area contributed by atoms with E-state index < -0.39 is 0 Å². The molecule has 2 N–H and O–H groups in total.